The Hall–Kier alpha value is -1.85. The smallest absolute Gasteiger partial charge is 0.399 e. The van der Waals surface area contributed by atoms with Crippen molar-refractivity contribution in [1.82, 2.24) is 0 Å². The Labute approximate surface area is 155 Å². The van der Waals surface area contributed by atoms with E-state index in [-0.39, 0.29) is 10.8 Å². The molecular weight excluding hydrogens is 363 g/mol. The van der Waals surface area contributed by atoms with Gasteiger partial charge in [-0.3, -0.25) is 0 Å². The van der Waals surface area contributed by atoms with Crippen molar-refractivity contribution in [3.8, 4) is 5.75 Å². The molecule has 0 heterocycles. The lowest BCUT2D eigenvalue weighted by Gasteiger charge is -2.29. The van der Waals surface area contributed by atoms with Gasteiger partial charge in [-0.05, 0) is 54.5 Å². The molecule has 1 nitrogen and oxygen atoms in total. The van der Waals surface area contributed by atoms with Crippen LogP contribution in [0.2, 0.25) is 0 Å². The molecule has 148 valence electrons. The van der Waals surface area contributed by atoms with E-state index in [2.05, 4.69) is 11.7 Å². The molecule has 1 saturated carbocycles. The van der Waals surface area contributed by atoms with Gasteiger partial charge in [0.15, 0.2) is 11.6 Å². The number of rotatable bonds is 5. The largest absolute Gasteiger partial charge is 0.573 e. The highest BCUT2D eigenvalue weighted by atomic mass is 19.4. The minimum absolute atomic E-state index is 0.0731. The van der Waals surface area contributed by atoms with E-state index in [9.17, 15) is 22.0 Å². The van der Waals surface area contributed by atoms with Crippen molar-refractivity contribution in [3.63, 3.8) is 0 Å². The van der Waals surface area contributed by atoms with Crippen molar-refractivity contribution in [2.75, 3.05) is 0 Å². The van der Waals surface area contributed by atoms with Gasteiger partial charge in [0.1, 0.15) is 0 Å². The fraction of sp³-hybridized carbons (Fsp3) is 0.524. The van der Waals surface area contributed by atoms with Crippen LogP contribution in [0.5, 0.6) is 5.75 Å². The van der Waals surface area contributed by atoms with Crippen molar-refractivity contribution in [2.45, 2.75) is 64.1 Å². The lowest BCUT2D eigenvalue weighted by molar-refractivity contribution is -0.276. The maximum Gasteiger partial charge on any atom is 0.573 e. The van der Waals surface area contributed by atoms with Crippen molar-refractivity contribution >= 4 is 10.8 Å². The van der Waals surface area contributed by atoms with Crippen LogP contribution < -0.4 is 4.74 Å². The van der Waals surface area contributed by atoms with Gasteiger partial charge >= 0.3 is 6.36 Å². The van der Waals surface area contributed by atoms with E-state index in [4.69, 9.17) is 0 Å². The molecule has 0 bridgehead atoms. The Bertz CT molecular complexity index is 791. The molecule has 0 unspecified atom stereocenters. The third kappa shape index (κ3) is 4.71. The lowest BCUT2D eigenvalue weighted by Crippen LogP contribution is -2.19. The van der Waals surface area contributed by atoms with Crippen LogP contribution in [0, 0.1) is 17.6 Å². The van der Waals surface area contributed by atoms with E-state index in [0.29, 0.717) is 5.92 Å². The van der Waals surface area contributed by atoms with E-state index >= 15 is 0 Å². The monoisotopic (exact) mass is 386 g/mol. The topological polar surface area (TPSA) is 9.23 Å². The van der Waals surface area contributed by atoms with Crippen LogP contribution in [0.3, 0.4) is 0 Å². The standard InChI is InChI=1S/C21H23F5O/c1-2-3-4-13-5-7-14(8-6-13)15-9-10-17-16(11-15)12-18(22)20(19(17)23)27-21(24,25)26/h9-14H,2-8H2,1H3. The second-order valence-corrected chi connectivity index (χ2v) is 7.39. The molecule has 0 saturated heterocycles. The van der Waals surface area contributed by atoms with E-state index < -0.39 is 23.7 Å². The molecule has 1 fully saturated rings. The lowest BCUT2D eigenvalue weighted by atomic mass is 9.77. The summed E-state index contributed by atoms with van der Waals surface area (Å²) in [5, 5.41) is 0.182. The molecular formula is C21H23F5O. The molecule has 1 aliphatic carbocycles. The highest BCUT2D eigenvalue weighted by Crippen LogP contribution is 2.40. The fourth-order valence-electron chi connectivity index (χ4n) is 4.07. The van der Waals surface area contributed by atoms with Gasteiger partial charge in [-0.15, -0.1) is 13.2 Å². The molecule has 0 aromatic heterocycles. The van der Waals surface area contributed by atoms with Gasteiger partial charge in [0.25, 0.3) is 0 Å². The van der Waals surface area contributed by atoms with E-state index in [0.717, 1.165) is 43.2 Å². The molecule has 0 radical (unpaired) electrons. The minimum Gasteiger partial charge on any atom is -0.399 e. The van der Waals surface area contributed by atoms with Crippen LogP contribution in [0.15, 0.2) is 24.3 Å². The van der Waals surface area contributed by atoms with Crippen molar-refractivity contribution in [1.29, 1.82) is 0 Å². The first kappa shape index (κ1) is 19.9. The van der Waals surface area contributed by atoms with E-state index in [1.807, 2.05) is 0 Å². The summed E-state index contributed by atoms with van der Waals surface area (Å²) in [6.45, 7) is 2.18. The quantitative estimate of drug-likeness (QED) is 0.484. The summed E-state index contributed by atoms with van der Waals surface area (Å²) < 4.78 is 68.9. The van der Waals surface area contributed by atoms with Gasteiger partial charge in [-0.25, -0.2) is 8.78 Å². The average Bonchev–Trinajstić information content (AvgIpc) is 2.62. The fourth-order valence-corrected chi connectivity index (χ4v) is 4.07. The van der Waals surface area contributed by atoms with Gasteiger partial charge in [0.2, 0.25) is 5.75 Å². The zero-order chi connectivity index (χ0) is 19.6. The summed E-state index contributed by atoms with van der Waals surface area (Å²) in [6, 6.07) is 5.76. The number of hydrogen-bond donors (Lipinski definition) is 0. The zero-order valence-corrected chi connectivity index (χ0v) is 15.2. The van der Waals surface area contributed by atoms with Crippen molar-refractivity contribution in [3.05, 3.63) is 41.5 Å². The van der Waals surface area contributed by atoms with Gasteiger partial charge in [0, 0.05) is 5.39 Å². The predicted octanol–water partition coefficient (Wildman–Crippen LogP) is 7.48. The summed E-state index contributed by atoms with van der Waals surface area (Å²) >= 11 is 0. The molecule has 0 N–H and O–H groups in total. The maximum atomic E-state index is 14.3. The number of ether oxygens (including phenoxy) is 1. The number of unbranched alkanes of at least 4 members (excludes halogenated alkanes) is 1. The van der Waals surface area contributed by atoms with Crippen LogP contribution >= 0.6 is 0 Å². The van der Waals surface area contributed by atoms with Crippen LogP contribution in [-0.4, -0.2) is 6.36 Å². The molecule has 0 atom stereocenters. The summed E-state index contributed by atoms with van der Waals surface area (Å²) in [4.78, 5) is 0. The van der Waals surface area contributed by atoms with Crippen molar-refractivity contribution < 1.29 is 26.7 Å². The number of fused-ring (bicyclic) bond motifs is 1. The van der Waals surface area contributed by atoms with Crippen LogP contribution in [-0.2, 0) is 0 Å². The third-order valence-electron chi connectivity index (χ3n) is 5.51. The minimum atomic E-state index is -5.15. The number of hydrogen-bond acceptors (Lipinski definition) is 1. The molecule has 0 spiro atoms. The molecule has 0 aliphatic heterocycles. The molecule has 1 aliphatic rings. The normalized spacial score (nSPS) is 20.8. The molecule has 2 aromatic rings. The summed E-state index contributed by atoms with van der Waals surface area (Å²) in [5.41, 5.74) is 0.986. The second-order valence-electron chi connectivity index (χ2n) is 7.39. The van der Waals surface area contributed by atoms with Crippen molar-refractivity contribution in [2.24, 2.45) is 5.92 Å². The van der Waals surface area contributed by atoms with Crippen LogP contribution in [0.1, 0.15) is 63.4 Å². The molecule has 3 rings (SSSR count). The number of benzene rings is 2. The summed E-state index contributed by atoms with van der Waals surface area (Å²) in [7, 11) is 0. The van der Waals surface area contributed by atoms with E-state index in [1.54, 1.807) is 12.1 Å². The Morgan fingerprint density at radius 2 is 1.74 bits per heavy atom. The first-order valence-electron chi connectivity index (χ1n) is 9.46. The molecule has 0 amide bonds. The predicted molar refractivity (Wildman–Crippen MR) is 94.8 cm³/mol. The number of alkyl halides is 3. The maximum absolute atomic E-state index is 14.3. The van der Waals surface area contributed by atoms with Crippen LogP contribution in [0.25, 0.3) is 10.8 Å². The van der Waals surface area contributed by atoms with Gasteiger partial charge < -0.3 is 4.74 Å². The highest BCUT2D eigenvalue weighted by molar-refractivity contribution is 5.85. The summed E-state index contributed by atoms with van der Waals surface area (Å²) in [5.74, 6) is -3.00. The number of halogens is 5. The Balaban J connectivity index is 1.81. The Morgan fingerprint density at radius 3 is 2.37 bits per heavy atom. The summed E-state index contributed by atoms with van der Waals surface area (Å²) in [6.07, 6.45) is 2.88. The van der Waals surface area contributed by atoms with Gasteiger partial charge in [0.05, 0.1) is 0 Å². The first-order chi connectivity index (χ1) is 12.8. The SMILES string of the molecule is CCCCC1CCC(c2ccc3c(F)c(OC(F)(F)F)c(F)cc3c2)CC1. The molecule has 6 heteroatoms. The van der Waals surface area contributed by atoms with Gasteiger partial charge in [-0.1, -0.05) is 44.4 Å². The van der Waals surface area contributed by atoms with Crippen LogP contribution in [0.4, 0.5) is 22.0 Å². The first-order valence-corrected chi connectivity index (χ1v) is 9.46. The highest BCUT2D eigenvalue weighted by Gasteiger charge is 2.34. The molecule has 27 heavy (non-hydrogen) atoms. The molecule has 2 aromatic carbocycles. The average molecular weight is 386 g/mol. The Kier molecular flexibility index (Phi) is 5.92. The zero-order valence-electron chi connectivity index (χ0n) is 15.2. The van der Waals surface area contributed by atoms with Gasteiger partial charge in [-0.2, -0.15) is 0 Å². The second kappa shape index (κ2) is 8.03. The third-order valence-corrected chi connectivity index (χ3v) is 5.51. The Morgan fingerprint density at radius 1 is 1.04 bits per heavy atom. The van der Waals surface area contributed by atoms with E-state index in [1.165, 1.54) is 25.3 Å².